The second-order valence-electron chi connectivity index (χ2n) is 2.77. The number of aromatic nitrogens is 1. The Balaban J connectivity index is 3.20. The number of alkyl halides is 1. The number of H-pyrrole nitrogens is 1. The van der Waals surface area contributed by atoms with E-state index in [-0.39, 0.29) is 16.8 Å². The van der Waals surface area contributed by atoms with Crippen molar-refractivity contribution in [2.75, 3.05) is 5.33 Å². The fourth-order valence-electron chi connectivity index (χ4n) is 1.33. The van der Waals surface area contributed by atoms with Gasteiger partial charge in [-0.3, -0.25) is 4.79 Å². The molecule has 1 heterocycles. The van der Waals surface area contributed by atoms with E-state index in [0.717, 1.165) is 0 Å². The van der Waals surface area contributed by atoms with Crippen LogP contribution in [0.2, 0.25) is 0 Å². The molecule has 2 N–H and O–H groups in total. The predicted octanol–water partition coefficient (Wildman–Crippen LogP) is 1.85. The molecule has 0 radical (unpaired) electrons. The van der Waals surface area contributed by atoms with Crippen LogP contribution in [-0.4, -0.2) is 27.2 Å². The van der Waals surface area contributed by atoms with Crippen LogP contribution >= 0.6 is 15.9 Å². The van der Waals surface area contributed by atoms with Crippen LogP contribution in [0.25, 0.3) is 0 Å². The number of aromatic carboxylic acids is 1. The molecule has 14 heavy (non-hydrogen) atoms. The van der Waals surface area contributed by atoms with Gasteiger partial charge in [-0.25, -0.2) is 4.79 Å². The lowest BCUT2D eigenvalue weighted by Crippen LogP contribution is -2.05. The van der Waals surface area contributed by atoms with Crippen LogP contribution in [0.1, 0.15) is 33.3 Å². The van der Waals surface area contributed by atoms with E-state index in [1.807, 2.05) is 6.92 Å². The second kappa shape index (κ2) is 4.41. The predicted molar refractivity (Wildman–Crippen MR) is 55.3 cm³/mol. The lowest BCUT2D eigenvalue weighted by atomic mass is 10.1. The number of carbonyl (C=O) groups is 2. The molecule has 4 nitrogen and oxygen atoms in total. The highest BCUT2D eigenvalue weighted by molar-refractivity contribution is 9.09. The summed E-state index contributed by atoms with van der Waals surface area (Å²) in [5.41, 5.74) is 1.14. The molecule has 1 aromatic rings. The van der Waals surface area contributed by atoms with Crippen molar-refractivity contribution in [3.8, 4) is 0 Å². The molecule has 0 atom stereocenters. The minimum absolute atomic E-state index is 0.106. The molecular formula is C9H10BrNO3. The number of hydrogen-bond donors (Lipinski definition) is 2. The molecule has 0 amide bonds. The van der Waals surface area contributed by atoms with Gasteiger partial charge in [0.1, 0.15) is 5.69 Å². The highest BCUT2D eigenvalue weighted by Crippen LogP contribution is 2.16. The van der Waals surface area contributed by atoms with E-state index in [1.165, 1.54) is 6.20 Å². The summed E-state index contributed by atoms with van der Waals surface area (Å²) >= 11 is 3.05. The highest BCUT2D eigenvalue weighted by atomic mass is 79.9. The molecular weight excluding hydrogens is 250 g/mol. The third-order valence-corrected chi connectivity index (χ3v) is 2.49. The van der Waals surface area contributed by atoms with Crippen LogP contribution in [-0.2, 0) is 6.42 Å². The molecule has 0 spiro atoms. The number of halogens is 1. The molecule has 0 saturated carbocycles. The van der Waals surface area contributed by atoms with Gasteiger partial charge in [-0.1, -0.05) is 22.9 Å². The monoisotopic (exact) mass is 259 g/mol. The molecule has 0 bridgehead atoms. The Hall–Kier alpha value is -1.10. The van der Waals surface area contributed by atoms with Gasteiger partial charge in [-0.2, -0.15) is 0 Å². The molecule has 1 aromatic heterocycles. The van der Waals surface area contributed by atoms with E-state index >= 15 is 0 Å². The number of carbonyl (C=O) groups excluding carboxylic acids is 1. The minimum atomic E-state index is -1.03. The van der Waals surface area contributed by atoms with Gasteiger partial charge in [0.25, 0.3) is 0 Å². The minimum Gasteiger partial charge on any atom is -0.477 e. The maximum Gasteiger partial charge on any atom is 0.352 e. The van der Waals surface area contributed by atoms with Gasteiger partial charge in [0, 0.05) is 11.8 Å². The largest absolute Gasteiger partial charge is 0.477 e. The molecule has 0 fully saturated rings. The van der Waals surface area contributed by atoms with Gasteiger partial charge in [0.2, 0.25) is 0 Å². The first-order valence-electron chi connectivity index (χ1n) is 4.14. The molecule has 0 aliphatic heterocycles. The quantitative estimate of drug-likeness (QED) is 0.641. The number of carboxylic acid groups (broad SMARTS) is 1. The Morgan fingerprint density at radius 2 is 2.21 bits per heavy atom. The molecule has 0 unspecified atom stereocenters. The third kappa shape index (κ3) is 1.87. The molecule has 0 aliphatic rings. The van der Waals surface area contributed by atoms with Crippen LogP contribution in [0.15, 0.2) is 6.20 Å². The topological polar surface area (TPSA) is 70.2 Å². The first kappa shape index (κ1) is 11.0. The highest BCUT2D eigenvalue weighted by Gasteiger charge is 2.18. The smallest absolute Gasteiger partial charge is 0.352 e. The number of Topliss-reactive ketones (excluding diaryl/α,β-unsaturated/α-hetero) is 1. The zero-order valence-corrected chi connectivity index (χ0v) is 9.22. The summed E-state index contributed by atoms with van der Waals surface area (Å²) in [6, 6.07) is 0. The van der Waals surface area contributed by atoms with E-state index in [9.17, 15) is 9.59 Å². The summed E-state index contributed by atoms with van der Waals surface area (Å²) in [5.74, 6) is -1.14. The van der Waals surface area contributed by atoms with Crippen molar-refractivity contribution in [3.05, 3.63) is 23.0 Å². The van der Waals surface area contributed by atoms with Crippen LogP contribution in [0.5, 0.6) is 0 Å². The number of hydrogen-bond acceptors (Lipinski definition) is 2. The summed E-state index contributed by atoms with van der Waals surface area (Å²) in [5, 5.41) is 9.02. The summed E-state index contributed by atoms with van der Waals surface area (Å²) in [7, 11) is 0. The summed E-state index contributed by atoms with van der Waals surface area (Å²) < 4.78 is 0. The number of carboxylic acids is 1. The Labute approximate surface area is 89.5 Å². The van der Waals surface area contributed by atoms with Crippen LogP contribution in [0.3, 0.4) is 0 Å². The van der Waals surface area contributed by atoms with Crippen LogP contribution in [0.4, 0.5) is 0 Å². The number of nitrogens with one attached hydrogen (secondary N) is 1. The van der Waals surface area contributed by atoms with Gasteiger partial charge in [0.15, 0.2) is 5.78 Å². The molecule has 76 valence electrons. The van der Waals surface area contributed by atoms with E-state index in [1.54, 1.807) is 0 Å². The van der Waals surface area contributed by atoms with E-state index in [0.29, 0.717) is 17.5 Å². The van der Waals surface area contributed by atoms with E-state index in [4.69, 9.17) is 5.11 Å². The fraction of sp³-hybridized carbons (Fsp3) is 0.333. The third-order valence-electron chi connectivity index (χ3n) is 1.98. The van der Waals surface area contributed by atoms with Gasteiger partial charge >= 0.3 is 5.97 Å². The standard InChI is InChI=1S/C9H10BrNO3/c1-2-5-6(7(12)3-10)4-11-8(5)9(13)14/h4,11H,2-3H2,1H3,(H,13,14). The number of ketones is 1. The van der Waals surface area contributed by atoms with Crippen molar-refractivity contribution in [2.45, 2.75) is 13.3 Å². The Morgan fingerprint density at radius 3 is 2.64 bits per heavy atom. The number of rotatable bonds is 4. The fourth-order valence-corrected chi connectivity index (χ4v) is 1.63. The second-order valence-corrected chi connectivity index (χ2v) is 3.33. The first-order chi connectivity index (χ1) is 6.61. The lowest BCUT2D eigenvalue weighted by molar-refractivity contribution is 0.0690. The lowest BCUT2D eigenvalue weighted by Gasteiger charge is -1.98. The van der Waals surface area contributed by atoms with Crippen LogP contribution < -0.4 is 0 Å². The van der Waals surface area contributed by atoms with Gasteiger partial charge < -0.3 is 10.1 Å². The Morgan fingerprint density at radius 1 is 1.57 bits per heavy atom. The summed E-state index contributed by atoms with van der Waals surface area (Å²) in [6.07, 6.45) is 1.98. The molecule has 0 aromatic carbocycles. The molecule has 0 saturated heterocycles. The summed E-state index contributed by atoms with van der Waals surface area (Å²) in [4.78, 5) is 24.7. The van der Waals surface area contributed by atoms with Crippen molar-refractivity contribution in [3.63, 3.8) is 0 Å². The molecule has 1 rings (SSSR count). The summed E-state index contributed by atoms with van der Waals surface area (Å²) in [6.45, 7) is 1.82. The van der Waals surface area contributed by atoms with Gasteiger partial charge in [-0.15, -0.1) is 0 Å². The van der Waals surface area contributed by atoms with Crippen molar-refractivity contribution in [1.29, 1.82) is 0 Å². The maximum atomic E-state index is 11.4. The first-order valence-corrected chi connectivity index (χ1v) is 5.26. The Kier molecular flexibility index (Phi) is 3.46. The average Bonchev–Trinajstić information content (AvgIpc) is 2.59. The van der Waals surface area contributed by atoms with Gasteiger partial charge in [-0.05, 0) is 12.0 Å². The normalized spacial score (nSPS) is 10.1. The Bertz CT molecular complexity index is 370. The van der Waals surface area contributed by atoms with E-state index in [2.05, 4.69) is 20.9 Å². The van der Waals surface area contributed by atoms with Crippen molar-refractivity contribution in [1.82, 2.24) is 4.98 Å². The average molecular weight is 260 g/mol. The van der Waals surface area contributed by atoms with E-state index < -0.39 is 5.97 Å². The van der Waals surface area contributed by atoms with Crippen molar-refractivity contribution < 1.29 is 14.7 Å². The zero-order valence-electron chi connectivity index (χ0n) is 7.63. The zero-order chi connectivity index (χ0) is 10.7. The van der Waals surface area contributed by atoms with Crippen molar-refractivity contribution >= 4 is 27.7 Å². The number of aromatic amines is 1. The molecule has 5 heteroatoms. The molecule has 0 aliphatic carbocycles. The SMILES string of the molecule is CCc1c(C(=O)CBr)c[nH]c1C(=O)O. The van der Waals surface area contributed by atoms with Gasteiger partial charge in [0.05, 0.1) is 5.33 Å². The van der Waals surface area contributed by atoms with Crippen molar-refractivity contribution in [2.24, 2.45) is 0 Å². The van der Waals surface area contributed by atoms with Crippen LogP contribution in [0, 0.1) is 0 Å². The maximum absolute atomic E-state index is 11.4.